The van der Waals surface area contributed by atoms with E-state index in [0.29, 0.717) is 16.4 Å². The van der Waals surface area contributed by atoms with Crippen LogP contribution in [0, 0.1) is 31.0 Å². The van der Waals surface area contributed by atoms with Crippen molar-refractivity contribution in [2.75, 3.05) is 0 Å². The van der Waals surface area contributed by atoms with Crippen LogP contribution in [0.5, 0.6) is 0 Å². The Labute approximate surface area is 166 Å². The zero-order valence-electron chi connectivity index (χ0n) is 15.0. The Morgan fingerprint density at radius 2 is 2.07 bits per heavy atom. The number of nitrogens with two attached hydrogens (primary N) is 1. The summed E-state index contributed by atoms with van der Waals surface area (Å²) in [6.07, 6.45) is 2.93. The predicted molar refractivity (Wildman–Crippen MR) is 109 cm³/mol. The molecule has 0 saturated heterocycles. The van der Waals surface area contributed by atoms with Gasteiger partial charge in [0, 0.05) is 11.6 Å². The molecule has 3 aromatic rings. The average molecular weight is 415 g/mol. The summed E-state index contributed by atoms with van der Waals surface area (Å²) in [5.41, 5.74) is 7.78. The zero-order valence-corrected chi connectivity index (χ0v) is 16.7. The van der Waals surface area contributed by atoms with Crippen LogP contribution in [0.1, 0.15) is 27.2 Å². The maximum absolute atomic E-state index is 14.8. The lowest BCUT2D eigenvalue weighted by molar-refractivity contribution is 0.0997. The van der Waals surface area contributed by atoms with Gasteiger partial charge in [0.05, 0.1) is 22.0 Å². The summed E-state index contributed by atoms with van der Waals surface area (Å²) in [6, 6.07) is 8.33. The molecule has 0 aliphatic rings. The fourth-order valence-electron chi connectivity index (χ4n) is 3.09. The van der Waals surface area contributed by atoms with Gasteiger partial charge in [0.1, 0.15) is 0 Å². The van der Waals surface area contributed by atoms with Gasteiger partial charge in [0.25, 0.3) is 5.91 Å². The van der Waals surface area contributed by atoms with E-state index in [1.807, 2.05) is 19.1 Å². The smallest absolute Gasteiger partial charge is 0.364 e. The van der Waals surface area contributed by atoms with Crippen LogP contribution in [0.3, 0.4) is 0 Å². The van der Waals surface area contributed by atoms with E-state index in [-0.39, 0.29) is 26.9 Å². The Hall–Kier alpha value is -3.00. The monoisotopic (exact) mass is 414 g/mol. The normalized spacial score (nSPS) is 11.8. The number of nitrogens with one attached hydrogen (secondary N) is 1. The summed E-state index contributed by atoms with van der Waals surface area (Å²) in [5.74, 6) is -1.61. The Morgan fingerprint density at radius 3 is 2.71 bits per heavy atom. The fraction of sp³-hybridized carbons (Fsp3) is 0.100. The molecule has 3 N–H and O–H groups in total. The van der Waals surface area contributed by atoms with E-state index in [2.05, 4.69) is 4.98 Å². The van der Waals surface area contributed by atoms with Gasteiger partial charge in [0.2, 0.25) is 5.30 Å². The van der Waals surface area contributed by atoms with Gasteiger partial charge in [-0.2, -0.15) is 5.26 Å². The van der Waals surface area contributed by atoms with E-state index in [0.717, 1.165) is 5.56 Å². The number of hydrogen-bond acceptors (Lipinski definition) is 3. The molecular weight excluding hydrogens is 400 g/mol. The van der Waals surface area contributed by atoms with Crippen LogP contribution >= 0.6 is 19.4 Å². The van der Waals surface area contributed by atoms with E-state index in [9.17, 15) is 13.8 Å². The van der Waals surface area contributed by atoms with Gasteiger partial charge in [0.15, 0.2) is 16.8 Å². The van der Waals surface area contributed by atoms with E-state index < -0.39 is 19.5 Å². The van der Waals surface area contributed by atoms with Gasteiger partial charge in [-0.25, -0.2) is 4.39 Å². The van der Waals surface area contributed by atoms with E-state index in [1.54, 1.807) is 19.1 Å². The van der Waals surface area contributed by atoms with Crippen molar-refractivity contribution in [3.05, 3.63) is 63.6 Å². The minimum atomic E-state index is -2.38. The van der Waals surface area contributed by atoms with Gasteiger partial charge in [-0.05, 0) is 49.2 Å². The summed E-state index contributed by atoms with van der Waals surface area (Å²) >= 11 is 5.90. The minimum Gasteiger partial charge on any atom is -0.364 e. The molecule has 0 saturated carbocycles. The first-order valence-corrected chi connectivity index (χ1v) is 9.84. The highest BCUT2D eigenvalue weighted by Crippen LogP contribution is 2.33. The van der Waals surface area contributed by atoms with Gasteiger partial charge in [-0.1, -0.05) is 22.2 Å². The summed E-state index contributed by atoms with van der Waals surface area (Å²) < 4.78 is 28.3. The number of nitriles is 1. The lowest BCUT2D eigenvalue weighted by atomic mass is 10.1. The van der Waals surface area contributed by atoms with Crippen LogP contribution in [0.2, 0.25) is 5.02 Å². The van der Waals surface area contributed by atoms with Crippen LogP contribution < -0.4 is 16.3 Å². The SMILES string of the molecule is Cc1cc(/C=C/C#N)c(C)c([P+](=O)c2c(C(N)=O)[nH]c3ccc(Cl)c(F)c23)c1. The molecule has 28 heavy (non-hydrogen) atoms. The number of aromatic amines is 1. The molecule has 5 nitrogen and oxygen atoms in total. The third-order valence-electron chi connectivity index (χ3n) is 4.40. The first-order valence-electron chi connectivity index (χ1n) is 8.20. The molecular formula is C20H15ClFN3O2P+. The molecule has 0 spiro atoms. The quantitative estimate of drug-likeness (QED) is 0.498. The van der Waals surface area contributed by atoms with Crippen LogP contribution in [-0.4, -0.2) is 10.9 Å². The maximum Gasteiger partial charge on any atom is 0.418 e. The molecule has 140 valence electrons. The summed E-state index contributed by atoms with van der Waals surface area (Å²) in [6.45, 7) is 3.57. The van der Waals surface area contributed by atoms with Crippen molar-refractivity contribution < 1.29 is 13.8 Å². The number of amides is 1. The van der Waals surface area contributed by atoms with E-state index >= 15 is 0 Å². The number of H-pyrrole nitrogens is 1. The minimum absolute atomic E-state index is 0.0126. The van der Waals surface area contributed by atoms with Crippen molar-refractivity contribution >= 4 is 52.9 Å². The van der Waals surface area contributed by atoms with Gasteiger partial charge in [-0.3, -0.25) is 4.79 Å². The topological polar surface area (TPSA) is 99.7 Å². The second kappa shape index (κ2) is 7.55. The van der Waals surface area contributed by atoms with Crippen molar-refractivity contribution in [2.45, 2.75) is 13.8 Å². The molecule has 1 atom stereocenters. The number of aromatic nitrogens is 1. The lowest BCUT2D eigenvalue weighted by Crippen LogP contribution is -2.22. The van der Waals surface area contributed by atoms with E-state index in [1.165, 1.54) is 18.2 Å². The maximum atomic E-state index is 14.8. The van der Waals surface area contributed by atoms with Crippen LogP contribution in [-0.2, 0) is 4.57 Å². The predicted octanol–water partition coefficient (Wildman–Crippen LogP) is 3.99. The van der Waals surface area contributed by atoms with Crippen molar-refractivity contribution in [1.82, 2.24) is 4.98 Å². The number of fused-ring (bicyclic) bond motifs is 1. The van der Waals surface area contributed by atoms with E-state index in [4.69, 9.17) is 22.6 Å². The third-order valence-corrected chi connectivity index (χ3v) is 6.45. The average Bonchev–Trinajstić information content (AvgIpc) is 3.05. The number of hydrogen-bond donors (Lipinski definition) is 2. The Kier molecular flexibility index (Phi) is 5.33. The molecule has 8 heteroatoms. The molecule has 0 fully saturated rings. The largest absolute Gasteiger partial charge is 0.418 e. The Bertz CT molecular complexity index is 1220. The van der Waals surface area contributed by atoms with Gasteiger partial charge < -0.3 is 10.7 Å². The van der Waals surface area contributed by atoms with Crippen LogP contribution in [0.4, 0.5) is 4.39 Å². The Balaban J connectivity index is 2.34. The number of nitrogens with zero attached hydrogens (tertiary/aromatic N) is 1. The number of benzene rings is 2. The molecule has 1 aromatic heterocycles. The Morgan fingerprint density at radius 1 is 1.36 bits per heavy atom. The van der Waals surface area contributed by atoms with Gasteiger partial charge in [-0.15, -0.1) is 0 Å². The molecule has 3 rings (SSSR count). The molecule has 0 aliphatic heterocycles. The standard InChI is InChI=1S/C20H14ClFN3O2P/c1-10-8-12(4-3-7-23)11(2)15(9-10)28(27)19-16-14(25-18(19)20(24)26)6-5-13(21)17(16)22/h3-6,8-9H,1-2H3,(H2-,24,25,26,27)/p+1/b4-3+. The second-order valence-electron chi connectivity index (χ2n) is 6.25. The summed E-state index contributed by atoms with van der Waals surface area (Å²) in [7, 11) is -2.38. The number of carbonyl (C=O) groups excluding carboxylic acids is 1. The fourth-order valence-corrected chi connectivity index (χ4v) is 5.03. The molecule has 1 amide bonds. The molecule has 0 bridgehead atoms. The highest BCUT2D eigenvalue weighted by atomic mass is 35.5. The number of rotatable bonds is 4. The molecule has 2 aromatic carbocycles. The molecule has 1 heterocycles. The summed E-state index contributed by atoms with van der Waals surface area (Å²) in [5, 5.41) is 9.03. The highest BCUT2D eigenvalue weighted by molar-refractivity contribution is 7.62. The van der Waals surface area contributed by atoms with Crippen LogP contribution in [0.15, 0.2) is 30.3 Å². The zero-order chi connectivity index (χ0) is 20.6. The molecule has 1 unspecified atom stereocenters. The first-order chi connectivity index (χ1) is 13.3. The number of primary amides is 1. The summed E-state index contributed by atoms with van der Waals surface area (Å²) in [4.78, 5) is 14.7. The highest BCUT2D eigenvalue weighted by Gasteiger charge is 2.37. The number of carbonyl (C=O) groups is 1. The third kappa shape index (κ3) is 3.31. The second-order valence-corrected chi connectivity index (χ2v) is 8.18. The number of allylic oxidation sites excluding steroid dienone is 1. The van der Waals surface area contributed by atoms with Gasteiger partial charge >= 0.3 is 7.80 Å². The lowest BCUT2D eigenvalue weighted by Gasteiger charge is -2.04. The van der Waals surface area contributed by atoms with Crippen molar-refractivity contribution in [3.8, 4) is 6.07 Å². The molecule has 0 aliphatic carbocycles. The van der Waals surface area contributed by atoms with Crippen molar-refractivity contribution in [2.24, 2.45) is 5.73 Å². The number of halogens is 2. The van der Waals surface area contributed by atoms with Crippen molar-refractivity contribution in [3.63, 3.8) is 0 Å². The number of aryl methyl sites for hydroxylation is 1. The first kappa shape index (κ1) is 19.8. The van der Waals surface area contributed by atoms with Crippen molar-refractivity contribution in [1.29, 1.82) is 5.26 Å². The van der Waals surface area contributed by atoms with Crippen LogP contribution in [0.25, 0.3) is 17.0 Å². The molecule has 0 radical (unpaired) electrons.